The number of ether oxygens (including phenoxy) is 1. The number of carbonyl (C=O) groups is 1. The number of benzene rings is 1. The molecule has 0 atom stereocenters. The molecule has 1 aliphatic rings. The Hall–Kier alpha value is -3.05. The van der Waals surface area contributed by atoms with E-state index >= 15 is 0 Å². The summed E-state index contributed by atoms with van der Waals surface area (Å²) in [6.45, 7) is 1.36. The molecule has 0 radical (unpaired) electrons. The van der Waals surface area contributed by atoms with Gasteiger partial charge in [-0.15, -0.1) is 0 Å². The van der Waals surface area contributed by atoms with Gasteiger partial charge in [-0.25, -0.2) is 13.8 Å². The maximum atomic E-state index is 14.1. The van der Waals surface area contributed by atoms with Crippen molar-refractivity contribution in [2.75, 3.05) is 36.2 Å². The number of hydrogen-bond donors (Lipinski definition) is 2. The number of rotatable bonds is 5. The second-order valence-corrected chi connectivity index (χ2v) is 8.27. The van der Waals surface area contributed by atoms with E-state index in [1.165, 1.54) is 6.07 Å². The SMILES string of the molecule is CN(c1c(NC(=O)c2nc(-c3c(F)cccc3F)sc2N)cnn1C)C1CCOCC1. The Labute approximate surface area is 181 Å². The van der Waals surface area contributed by atoms with Crippen molar-refractivity contribution in [3.05, 3.63) is 41.7 Å². The third-order valence-electron chi connectivity index (χ3n) is 5.27. The number of hydrogen-bond acceptors (Lipinski definition) is 7. The molecule has 0 saturated carbocycles. The molecule has 1 aliphatic heterocycles. The molecular weight excluding hydrogens is 426 g/mol. The van der Waals surface area contributed by atoms with E-state index in [9.17, 15) is 13.6 Å². The number of carbonyl (C=O) groups excluding carboxylic acids is 1. The highest BCUT2D eigenvalue weighted by atomic mass is 32.1. The molecule has 3 heterocycles. The molecule has 0 unspecified atom stereocenters. The number of thiazole rings is 1. The quantitative estimate of drug-likeness (QED) is 0.622. The van der Waals surface area contributed by atoms with Crippen molar-refractivity contribution in [2.45, 2.75) is 18.9 Å². The fraction of sp³-hybridized carbons (Fsp3) is 0.350. The van der Waals surface area contributed by atoms with Crippen molar-refractivity contribution in [1.29, 1.82) is 0 Å². The lowest BCUT2D eigenvalue weighted by Gasteiger charge is -2.33. The largest absolute Gasteiger partial charge is 0.389 e. The maximum Gasteiger partial charge on any atom is 0.277 e. The standard InChI is InChI=1S/C20H22F2N6O2S/c1-27(11-6-8-30-9-7-11)20-14(10-24-28(20)2)25-18(29)16-17(23)31-19(26-16)15-12(21)4-3-5-13(15)22/h3-5,10-11H,6-9,23H2,1-2H3,(H,25,29). The summed E-state index contributed by atoms with van der Waals surface area (Å²) in [6.07, 6.45) is 3.28. The van der Waals surface area contributed by atoms with Gasteiger partial charge in [0.2, 0.25) is 0 Å². The van der Waals surface area contributed by atoms with Gasteiger partial charge in [-0.05, 0) is 25.0 Å². The van der Waals surface area contributed by atoms with Gasteiger partial charge in [0.1, 0.15) is 27.3 Å². The lowest BCUT2D eigenvalue weighted by atomic mass is 10.1. The number of amides is 1. The Bertz CT molecular complexity index is 1090. The van der Waals surface area contributed by atoms with E-state index in [1.807, 2.05) is 7.05 Å². The molecule has 0 bridgehead atoms. The highest BCUT2D eigenvalue weighted by Gasteiger charge is 2.26. The minimum Gasteiger partial charge on any atom is -0.389 e. The summed E-state index contributed by atoms with van der Waals surface area (Å²) < 4.78 is 35.3. The number of aromatic nitrogens is 3. The lowest BCUT2D eigenvalue weighted by Crippen LogP contribution is -2.38. The fourth-order valence-corrected chi connectivity index (χ4v) is 4.55. The Balaban J connectivity index is 1.59. The van der Waals surface area contributed by atoms with Crippen LogP contribution in [0.5, 0.6) is 0 Å². The molecule has 3 N–H and O–H groups in total. The Kier molecular flexibility index (Phi) is 5.88. The van der Waals surface area contributed by atoms with Crippen LogP contribution >= 0.6 is 11.3 Å². The summed E-state index contributed by atoms with van der Waals surface area (Å²) in [5.41, 5.74) is 6.05. The Morgan fingerprint density at radius 3 is 2.68 bits per heavy atom. The van der Waals surface area contributed by atoms with Crippen molar-refractivity contribution in [3.63, 3.8) is 0 Å². The van der Waals surface area contributed by atoms with Crippen LogP contribution in [-0.2, 0) is 11.8 Å². The molecule has 1 fully saturated rings. The molecule has 0 aliphatic carbocycles. The second-order valence-electron chi connectivity index (χ2n) is 7.24. The molecule has 1 saturated heterocycles. The fourth-order valence-electron chi connectivity index (χ4n) is 3.67. The number of halogens is 2. The average molecular weight is 448 g/mol. The highest BCUT2D eigenvalue weighted by molar-refractivity contribution is 7.19. The number of aryl methyl sites for hydroxylation is 1. The van der Waals surface area contributed by atoms with Crippen molar-refractivity contribution in [3.8, 4) is 10.6 Å². The normalized spacial score (nSPS) is 14.6. The Morgan fingerprint density at radius 2 is 2.00 bits per heavy atom. The molecule has 4 rings (SSSR count). The molecule has 164 valence electrons. The molecular formula is C20H22F2N6O2S. The summed E-state index contributed by atoms with van der Waals surface area (Å²) in [5, 5.41) is 7.11. The molecule has 2 aromatic heterocycles. The van der Waals surface area contributed by atoms with Crippen molar-refractivity contribution in [1.82, 2.24) is 14.8 Å². The van der Waals surface area contributed by atoms with E-state index < -0.39 is 17.5 Å². The van der Waals surface area contributed by atoms with Crippen LogP contribution in [0.1, 0.15) is 23.3 Å². The van der Waals surface area contributed by atoms with Crippen LogP contribution < -0.4 is 16.0 Å². The molecule has 1 amide bonds. The van der Waals surface area contributed by atoms with Crippen LogP contribution in [-0.4, -0.2) is 47.0 Å². The van der Waals surface area contributed by atoms with Gasteiger partial charge >= 0.3 is 0 Å². The first kappa shape index (κ1) is 21.2. The first-order chi connectivity index (χ1) is 14.9. The number of nitrogens with two attached hydrogens (primary N) is 1. The number of nitrogen functional groups attached to an aromatic ring is 1. The van der Waals surface area contributed by atoms with Crippen molar-refractivity contribution < 1.29 is 18.3 Å². The summed E-state index contributed by atoms with van der Waals surface area (Å²) >= 11 is 0.854. The third kappa shape index (κ3) is 4.10. The highest BCUT2D eigenvalue weighted by Crippen LogP contribution is 2.34. The molecule has 8 nitrogen and oxygen atoms in total. The number of anilines is 3. The number of nitrogens with one attached hydrogen (secondary N) is 1. The molecule has 31 heavy (non-hydrogen) atoms. The summed E-state index contributed by atoms with van der Waals surface area (Å²) in [7, 11) is 3.73. The monoisotopic (exact) mass is 448 g/mol. The topological polar surface area (TPSA) is 98.3 Å². The zero-order chi connectivity index (χ0) is 22.1. The summed E-state index contributed by atoms with van der Waals surface area (Å²) in [4.78, 5) is 19.1. The van der Waals surface area contributed by atoms with Crippen LogP contribution in [0.3, 0.4) is 0 Å². The van der Waals surface area contributed by atoms with Gasteiger partial charge in [0.25, 0.3) is 5.91 Å². The minimum atomic E-state index is -0.770. The molecule has 11 heteroatoms. The van der Waals surface area contributed by atoms with Gasteiger partial charge in [-0.3, -0.25) is 9.48 Å². The van der Waals surface area contributed by atoms with E-state index in [-0.39, 0.29) is 27.3 Å². The van der Waals surface area contributed by atoms with Crippen LogP contribution in [0, 0.1) is 11.6 Å². The third-order valence-corrected chi connectivity index (χ3v) is 6.18. The smallest absolute Gasteiger partial charge is 0.277 e. The van der Waals surface area contributed by atoms with E-state index in [0.717, 1.165) is 42.1 Å². The van der Waals surface area contributed by atoms with Gasteiger partial charge in [0.15, 0.2) is 11.5 Å². The van der Waals surface area contributed by atoms with E-state index in [0.29, 0.717) is 18.9 Å². The van der Waals surface area contributed by atoms with E-state index in [4.69, 9.17) is 10.5 Å². The van der Waals surface area contributed by atoms with Gasteiger partial charge in [-0.2, -0.15) is 5.10 Å². The van der Waals surface area contributed by atoms with E-state index in [1.54, 1.807) is 17.9 Å². The second kappa shape index (κ2) is 8.60. The summed E-state index contributed by atoms with van der Waals surface area (Å²) in [6, 6.07) is 3.77. The van der Waals surface area contributed by atoms with Crippen LogP contribution in [0.25, 0.3) is 10.6 Å². The molecule has 1 aromatic carbocycles. The van der Waals surface area contributed by atoms with Crippen LogP contribution in [0.2, 0.25) is 0 Å². The average Bonchev–Trinajstić information content (AvgIpc) is 3.30. The zero-order valence-corrected chi connectivity index (χ0v) is 17.9. The van der Waals surface area contributed by atoms with Gasteiger partial charge < -0.3 is 20.7 Å². The molecule has 0 spiro atoms. The predicted octanol–water partition coefficient (Wildman–Crippen LogP) is 3.27. The first-order valence-electron chi connectivity index (χ1n) is 9.71. The predicted molar refractivity (Wildman–Crippen MR) is 115 cm³/mol. The summed E-state index contributed by atoms with van der Waals surface area (Å²) in [5.74, 6) is -1.39. The van der Waals surface area contributed by atoms with Crippen LogP contribution in [0.4, 0.5) is 25.3 Å². The van der Waals surface area contributed by atoms with Crippen LogP contribution in [0.15, 0.2) is 24.4 Å². The zero-order valence-electron chi connectivity index (χ0n) is 17.1. The van der Waals surface area contributed by atoms with E-state index in [2.05, 4.69) is 20.3 Å². The molecule has 3 aromatic rings. The van der Waals surface area contributed by atoms with Gasteiger partial charge in [0.05, 0.1) is 11.8 Å². The first-order valence-corrected chi connectivity index (χ1v) is 10.5. The van der Waals surface area contributed by atoms with Gasteiger partial charge in [-0.1, -0.05) is 17.4 Å². The van der Waals surface area contributed by atoms with Gasteiger partial charge in [0, 0.05) is 33.4 Å². The lowest BCUT2D eigenvalue weighted by molar-refractivity contribution is 0.0852. The Morgan fingerprint density at radius 1 is 1.32 bits per heavy atom. The van der Waals surface area contributed by atoms with Crippen molar-refractivity contribution >= 4 is 33.8 Å². The maximum absolute atomic E-state index is 14.1. The number of nitrogens with zero attached hydrogens (tertiary/aromatic N) is 4. The minimum absolute atomic E-state index is 0.00369. The van der Waals surface area contributed by atoms with Crippen molar-refractivity contribution in [2.24, 2.45) is 7.05 Å².